The summed E-state index contributed by atoms with van der Waals surface area (Å²) in [6, 6.07) is 2.86. The van der Waals surface area contributed by atoms with Gasteiger partial charge in [0, 0.05) is 10.8 Å². The van der Waals surface area contributed by atoms with Gasteiger partial charge in [-0.15, -0.1) is 11.3 Å². The van der Waals surface area contributed by atoms with E-state index in [1.807, 2.05) is 5.38 Å². The van der Waals surface area contributed by atoms with Crippen LogP contribution in [0, 0.1) is 0 Å². The maximum Gasteiger partial charge on any atom is 0.339 e. The van der Waals surface area contributed by atoms with Gasteiger partial charge in [0.25, 0.3) is 0 Å². The van der Waals surface area contributed by atoms with Gasteiger partial charge in [0.05, 0.1) is 5.69 Å². The van der Waals surface area contributed by atoms with Crippen LogP contribution in [0.25, 0.3) is 0 Å². The second-order valence-corrected chi connectivity index (χ2v) is 6.49. The lowest BCUT2D eigenvalue weighted by molar-refractivity contribution is 0.0697. The average molecular weight is 312 g/mol. The monoisotopic (exact) mass is 311 g/mol. The molecule has 2 rings (SSSR count). The molecule has 2 aromatic rings. The van der Waals surface area contributed by atoms with Crippen LogP contribution >= 0.6 is 22.9 Å². The van der Waals surface area contributed by atoms with Gasteiger partial charge >= 0.3 is 5.97 Å². The molecule has 106 valence electrons. The van der Waals surface area contributed by atoms with E-state index >= 15 is 0 Å². The molecule has 0 saturated heterocycles. The van der Waals surface area contributed by atoms with E-state index in [-0.39, 0.29) is 21.9 Å². The molecular weight excluding hydrogens is 298 g/mol. The van der Waals surface area contributed by atoms with Crippen molar-refractivity contribution in [3.05, 3.63) is 33.9 Å². The summed E-state index contributed by atoms with van der Waals surface area (Å²) >= 11 is 7.20. The summed E-state index contributed by atoms with van der Waals surface area (Å²) < 4.78 is 0. The number of carboxylic acid groups (broad SMARTS) is 1. The lowest BCUT2D eigenvalue weighted by Crippen LogP contribution is -2.11. The van der Waals surface area contributed by atoms with Crippen LogP contribution in [0.15, 0.2) is 17.5 Å². The van der Waals surface area contributed by atoms with Crippen molar-refractivity contribution in [2.45, 2.75) is 26.2 Å². The standard InChI is InChI=1S/C13H14ClN3O2S/c1-13(2,3)8-6-20-12(15-8)17-10-7(11(18)19)4-5-9(14)16-10/h4-6H,1-3H3,(H,18,19)(H,15,16,17). The van der Waals surface area contributed by atoms with Gasteiger partial charge in [-0.1, -0.05) is 32.4 Å². The summed E-state index contributed by atoms with van der Waals surface area (Å²) in [4.78, 5) is 19.6. The van der Waals surface area contributed by atoms with Crippen molar-refractivity contribution in [1.82, 2.24) is 9.97 Å². The van der Waals surface area contributed by atoms with E-state index in [0.29, 0.717) is 5.13 Å². The van der Waals surface area contributed by atoms with Crippen molar-refractivity contribution in [3.63, 3.8) is 0 Å². The van der Waals surface area contributed by atoms with Crippen LogP contribution in [0.1, 0.15) is 36.8 Å². The molecule has 0 saturated carbocycles. The molecule has 0 unspecified atom stereocenters. The molecule has 0 aliphatic carbocycles. The number of nitrogens with zero attached hydrogens (tertiary/aromatic N) is 2. The number of aromatic carboxylic acids is 1. The van der Waals surface area contributed by atoms with Gasteiger partial charge in [-0.2, -0.15) is 0 Å². The fourth-order valence-corrected chi connectivity index (χ4v) is 2.56. The van der Waals surface area contributed by atoms with Crippen LogP contribution < -0.4 is 5.32 Å². The van der Waals surface area contributed by atoms with Gasteiger partial charge < -0.3 is 10.4 Å². The Balaban J connectivity index is 2.32. The zero-order chi connectivity index (χ0) is 14.9. The van der Waals surface area contributed by atoms with Crippen molar-refractivity contribution in [2.24, 2.45) is 0 Å². The van der Waals surface area contributed by atoms with Crippen LogP contribution in [0.5, 0.6) is 0 Å². The predicted octanol–water partition coefficient (Wildman–Crippen LogP) is 3.93. The van der Waals surface area contributed by atoms with E-state index in [4.69, 9.17) is 16.7 Å². The van der Waals surface area contributed by atoms with Gasteiger partial charge in [-0.3, -0.25) is 0 Å². The highest BCUT2D eigenvalue weighted by molar-refractivity contribution is 7.13. The lowest BCUT2D eigenvalue weighted by Gasteiger charge is -2.14. The van der Waals surface area contributed by atoms with Crippen LogP contribution in [-0.2, 0) is 5.41 Å². The zero-order valence-electron chi connectivity index (χ0n) is 11.3. The van der Waals surface area contributed by atoms with Gasteiger partial charge in [0.2, 0.25) is 0 Å². The Morgan fingerprint density at radius 1 is 1.35 bits per heavy atom. The minimum absolute atomic E-state index is 0.0573. The Kier molecular flexibility index (Phi) is 3.96. The number of anilines is 2. The highest BCUT2D eigenvalue weighted by Crippen LogP contribution is 2.29. The molecule has 2 heterocycles. The van der Waals surface area contributed by atoms with Gasteiger partial charge in [-0.05, 0) is 12.1 Å². The molecule has 5 nitrogen and oxygen atoms in total. The second-order valence-electron chi connectivity index (χ2n) is 5.25. The third-order valence-electron chi connectivity index (χ3n) is 2.59. The molecule has 0 atom stereocenters. The summed E-state index contributed by atoms with van der Waals surface area (Å²) in [7, 11) is 0. The highest BCUT2D eigenvalue weighted by atomic mass is 35.5. The first-order valence-electron chi connectivity index (χ1n) is 5.90. The molecule has 20 heavy (non-hydrogen) atoms. The van der Waals surface area contributed by atoms with E-state index < -0.39 is 5.97 Å². The molecule has 0 aliphatic rings. The maximum absolute atomic E-state index is 11.1. The quantitative estimate of drug-likeness (QED) is 0.840. The number of thiazole rings is 1. The average Bonchev–Trinajstić information content (AvgIpc) is 2.76. The first kappa shape index (κ1) is 14.7. The van der Waals surface area contributed by atoms with Crippen molar-refractivity contribution >= 4 is 39.9 Å². The normalized spacial score (nSPS) is 11.4. The van der Waals surface area contributed by atoms with E-state index in [0.717, 1.165) is 5.69 Å². The SMILES string of the molecule is CC(C)(C)c1csc(Nc2nc(Cl)ccc2C(=O)O)n1. The Labute approximate surface area is 125 Å². The molecule has 0 radical (unpaired) electrons. The van der Waals surface area contributed by atoms with E-state index in [1.54, 1.807) is 0 Å². The fraction of sp³-hybridized carbons (Fsp3) is 0.308. The topological polar surface area (TPSA) is 75.1 Å². The first-order chi connectivity index (χ1) is 9.27. The highest BCUT2D eigenvalue weighted by Gasteiger charge is 2.19. The molecule has 0 aliphatic heterocycles. The molecule has 0 aromatic carbocycles. The Morgan fingerprint density at radius 2 is 2.05 bits per heavy atom. The van der Waals surface area contributed by atoms with Crippen LogP contribution in [0.3, 0.4) is 0 Å². The molecule has 2 N–H and O–H groups in total. The minimum Gasteiger partial charge on any atom is -0.478 e. The molecule has 0 bridgehead atoms. The number of pyridine rings is 1. The third-order valence-corrected chi connectivity index (χ3v) is 3.56. The number of hydrogen-bond acceptors (Lipinski definition) is 5. The molecule has 2 aromatic heterocycles. The molecule has 0 amide bonds. The van der Waals surface area contributed by atoms with Crippen molar-refractivity contribution in [1.29, 1.82) is 0 Å². The second kappa shape index (κ2) is 5.38. The Bertz CT molecular complexity index is 649. The third kappa shape index (κ3) is 3.26. The number of rotatable bonds is 3. The van der Waals surface area contributed by atoms with E-state index in [2.05, 4.69) is 36.1 Å². The smallest absolute Gasteiger partial charge is 0.339 e. The molecular formula is C13H14ClN3O2S. The van der Waals surface area contributed by atoms with Gasteiger partial charge in [0.15, 0.2) is 5.13 Å². The lowest BCUT2D eigenvalue weighted by atomic mass is 9.93. The van der Waals surface area contributed by atoms with Crippen LogP contribution in [0.4, 0.5) is 10.9 Å². The molecule has 7 heteroatoms. The summed E-state index contributed by atoms with van der Waals surface area (Å²) in [6.45, 7) is 6.18. The summed E-state index contributed by atoms with van der Waals surface area (Å²) in [5.41, 5.74) is 0.930. The van der Waals surface area contributed by atoms with E-state index in [1.165, 1.54) is 23.5 Å². The van der Waals surface area contributed by atoms with Crippen LogP contribution in [0.2, 0.25) is 5.15 Å². The Morgan fingerprint density at radius 3 is 2.60 bits per heavy atom. The maximum atomic E-state index is 11.1. The largest absolute Gasteiger partial charge is 0.478 e. The number of nitrogens with one attached hydrogen (secondary N) is 1. The van der Waals surface area contributed by atoms with Crippen molar-refractivity contribution < 1.29 is 9.90 Å². The first-order valence-corrected chi connectivity index (χ1v) is 7.16. The van der Waals surface area contributed by atoms with Crippen molar-refractivity contribution in [2.75, 3.05) is 5.32 Å². The predicted molar refractivity (Wildman–Crippen MR) is 80.3 cm³/mol. The fourth-order valence-electron chi connectivity index (χ4n) is 1.48. The molecule has 0 spiro atoms. The Hall–Kier alpha value is -1.66. The summed E-state index contributed by atoms with van der Waals surface area (Å²) in [5.74, 6) is -0.871. The number of aromatic nitrogens is 2. The zero-order valence-corrected chi connectivity index (χ0v) is 12.8. The van der Waals surface area contributed by atoms with Crippen LogP contribution in [-0.4, -0.2) is 21.0 Å². The van der Waals surface area contributed by atoms with Crippen molar-refractivity contribution in [3.8, 4) is 0 Å². The van der Waals surface area contributed by atoms with Gasteiger partial charge in [-0.25, -0.2) is 14.8 Å². The summed E-state index contributed by atoms with van der Waals surface area (Å²) in [6.07, 6.45) is 0. The molecule has 0 fully saturated rings. The van der Waals surface area contributed by atoms with Gasteiger partial charge in [0.1, 0.15) is 16.5 Å². The minimum atomic E-state index is -1.07. The summed E-state index contributed by atoms with van der Waals surface area (Å²) in [5, 5.41) is 14.8. The number of carbonyl (C=O) groups is 1. The number of carboxylic acids is 1. The van der Waals surface area contributed by atoms with E-state index in [9.17, 15) is 4.79 Å². The number of halogens is 1. The number of hydrogen-bond donors (Lipinski definition) is 2.